The summed E-state index contributed by atoms with van der Waals surface area (Å²) in [5, 5.41) is 8.24. The number of alkyl halides is 3. The van der Waals surface area contributed by atoms with Gasteiger partial charge in [-0.15, -0.1) is 0 Å². The maximum absolute atomic E-state index is 15.0. The molecule has 50 heavy (non-hydrogen) atoms. The number of hydrogen-bond donors (Lipinski definition) is 1. The summed E-state index contributed by atoms with van der Waals surface area (Å²) in [6.07, 6.45) is -2.08. The van der Waals surface area contributed by atoms with Crippen LogP contribution in [0.25, 0.3) is 22.4 Å². The molecule has 0 radical (unpaired) electrons. The number of para-hydroxylation sites is 1. The predicted octanol–water partition coefficient (Wildman–Crippen LogP) is 7.79. The van der Waals surface area contributed by atoms with Gasteiger partial charge in [-0.05, 0) is 58.2 Å². The molecule has 0 saturated carbocycles. The number of nitrogens with one attached hydrogen (secondary N) is 1. The number of rotatable bonds is 9. The molecule has 10 nitrogen and oxygen atoms in total. The first-order valence-corrected chi connectivity index (χ1v) is 15.9. The van der Waals surface area contributed by atoms with E-state index in [-0.39, 0.29) is 47.7 Å². The van der Waals surface area contributed by atoms with Crippen LogP contribution in [0.1, 0.15) is 44.5 Å². The van der Waals surface area contributed by atoms with Crippen molar-refractivity contribution >= 4 is 28.5 Å². The fraction of sp³-hybridized carbons (Fsp3) is 0.343. The number of aromatic nitrogens is 5. The normalized spacial score (nSPS) is 13.7. The van der Waals surface area contributed by atoms with Crippen LogP contribution in [0.4, 0.5) is 38.3 Å². The second kappa shape index (κ2) is 13.5. The maximum Gasteiger partial charge on any atom is 0.433 e. The van der Waals surface area contributed by atoms with Crippen LogP contribution in [-0.4, -0.2) is 61.0 Å². The largest absolute Gasteiger partial charge is 0.494 e. The molecule has 6 rings (SSSR count). The molecule has 1 saturated heterocycles. The van der Waals surface area contributed by atoms with E-state index in [1.807, 2.05) is 0 Å². The van der Waals surface area contributed by atoms with Gasteiger partial charge in [0.05, 0.1) is 18.7 Å². The first-order valence-electron chi connectivity index (χ1n) is 15.9. The highest BCUT2D eigenvalue weighted by molar-refractivity contribution is 5.92. The van der Waals surface area contributed by atoms with E-state index in [1.54, 1.807) is 63.1 Å². The van der Waals surface area contributed by atoms with Crippen LogP contribution in [0.15, 0.2) is 60.9 Å². The molecule has 1 amide bonds. The number of nitrogens with zero attached hydrogens (tertiary/aromatic N) is 6. The fourth-order valence-corrected chi connectivity index (χ4v) is 5.61. The lowest BCUT2D eigenvalue weighted by Gasteiger charge is -2.40. The number of benzene rings is 2. The molecule has 0 unspecified atom stereocenters. The van der Waals surface area contributed by atoms with Crippen LogP contribution in [0.5, 0.6) is 5.75 Å². The molecule has 0 bridgehead atoms. The van der Waals surface area contributed by atoms with E-state index in [4.69, 9.17) is 14.5 Å². The molecular formula is C35H34F5N7O3. The number of halogens is 5. The third-order valence-electron chi connectivity index (χ3n) is 7.90. The summed E-state index contributed by atoms with van der Waals surface area (Å²) >= 11 is 0. The van der Waals surface area contributed by atoms with Gasteiger partial charge in [-0.25, -0.2) is 23.5 Å². The molecule has 262 valence electrons. The number of hydrogen-bond acceptors (Lipinski definition) is 8. The highest BCUT2D eigenvalue weighted by Crippen LogP contribution is 2.33. The van der Waals surface area contributed by atoms with Crippen molar-refractivity contribution in [1.29, 1.82) is 0 Å². The summed E-state index contributed by atoms with van der Waals surface area (Å²) in [7, 11) is 0. The molecule has 0 spiro atoms. The summed E-state index contributed by atoms with van der Waals surface area (Å²) in [5.74, 6) is -1.14. The van der Waals surface area contributed by atoms with Gasteiger partial charge in [0.1, 0.15) is 40.2 Å². The lowest BCUT2D eigenvalue weighted by molar-refractivity contribution is -0.141. The number of fused-ring (bicyclic) bond motifs is 1. The Balaban J connectivity index is 1.34. The van der Waals surface area contributed by atoms with Crippen LogP contribution in [0, 0.1) is 17.6 Å². The van der Waals surface area contributed by atoms with Crippen LogP contribution in [0.2, 0.25) is 0 Å². The Morgan fingerprint density at radius 3 is 2.42 bits per heavy atom. The summed E-state index contributed by atoms with van der Waals surface area (Å²) < 4.78 is 82.7. The van der Waals surface area contributed by atoms with Crippen molar-refractivity contribution in [2.24, 2.45) is 5.92 Å². The van der Waals surface area contributed by atoms with E-state index >= 15 is 8.78 Å². The van der Waals surface area contributed by atoms with E-state index in [0.29, 0.717) is 41.7 Å². The zero-order valence-corrected chi connectivity index (χ0v) is 27.7. The van der Waals surface area contributed by atoms with Crippen molar-refractivity contribution in [3.8, 4) is 17.3 Å². The molecule has 2 aromatic carbocycles. The van der Waals surface area contributed by atoms with Crippen molar-refractivity contribution < 1.29 is 36.2 Å². The van der Waals surface area contributed by atoms with Crippen molar-refractivity contribution in [1.82, 2.24) is 29.6 Å². The quantitative estimate of drug-likeness (QED) is 0.156. The topological polar surface area (TPSA) is 107 Å². The Kier molecular flexibility index (Phi) is 9.33. The summed E-state index contributed by atoms with van der Waals surface area (Å²) in [5.41, 5.74) is -0.398. The molecule has 5 aromatic rings. The van der Waals surface area contributed by atoms with Crippen LogP contribution < -0.4 is 10.1 Å². The van der Waals surface area contributed by atoms with Crippen LogP contribution in [0.3, 0.4) is 0 Å². The lowest BCUT2D eigenvalue weighted by atomic mass is 9.93. The van der Waals surface area contributed by atoms with Gasteiger partial charge in [0, 0.05) is 59.8 Å². The highest BCUT2D eigenvalue weighted by Gasteiger charge is 2.35. The first-order chi connectivity index (χ1) is 23.7. The van der Waals surface area contributed by atoms with Crippen molar-refractivity contribution in [3.63, 3.8) is 0 Å². The first kappa shape index (κ1) is 34.5. The molecule has 3 aromatic heterocycles. The molecule has 15 heteroatoms. The average Bonchev–Trinajstić information content (AvgIpc) is 3.38. The Labute approximate surface area is 284 Å². The smallest absolute Gasteiger partial charge is 0.433 e. The SMILES string of the molecule is CCOc1cc(F)c(Cn2nc(-c3ncc(CC4CN(C(=O)OC(C)(C)C)C4)c(Nc4ccnc(C(F)(F)F)c4)n3)c3ccccc32)c(F)c1. The molecule has 0 aliphatic carbocycles. The zero-order chi connectivity index (χ0) is 35.8. The highest BCUT2D eigenvalue weighted by atomic mass is 19.4. The van der Waals surface area contributed by atoms with Gasteiger partial charge in [-0.2, -0.15) is 18.3 Å². The Morgan fingerprint density at radius 2 is 1.74 bits per heavy atom. The molecule has 4 heterocycles. The predicted molar refractivity (Wildman–Crippen MR) is 175 cm³/mol. The van der Waals surface area contributed by atoms with Gasteiger partial charge in [-0.1, -0.05) is 18.2 Å². The average molecular weight is 696 g/mol. The number of ether oxygens (including phenoxy) is 2. The van der Waals surface area contributed by atoms with Crippen molar-refractivity contribution in [2.45, 2.75) is 52.4 Å². The summed E-state index contributed by atoms with van der Waals surface area (Å²) in [6.45, 7) is 7.88. The number of pyridine rings is 1. The number of carbonyl (C=O) groups is 1. The Hall–Kier alpha value is -5.34. The molecule has 1 aliphatic rings. The third kappa shape index (κ3) is 7.61. The number of carbonyl (C=O) groups excluding carboxylic acids is 1. The van der Waals surface area contributed by atoms with Gasteiger partial charge < -0.3 is 19.7 Å². The molecular weight excluding hydrogens is 661 g/mol. The minimum absolute atomic E-state index is 0.0136. The van der Waals surface area contributed by atoms with E-state index in [2.05, 4.69) is 20.4 Å². The van der Waals surface area contributed by atoms with Crippen LogP contribution in [-0.2, 0) is 23.9 Å². The molecule has 1 N–H and O–H groups in total. The second-order valence-corrected chi connectivity index (χ2v) is 12.9. The van der Waals surface area contributed by atoms with E-state index in [9.17, 15) is 18.0 Å². The Bertz CT molecular complexity index is 2010. The van der Waals surface area contributed by atoms with Gasteiger partial charge in [-0.3, -0.25) is 9.67 Å². The fourth-order valence-electron chi connectivity index (χ4n) is 5.61. The standard InChI is InChI=1S/C35H34F5N7O3/c1-5-49-23-14-26(36)25(27(37)15-23)19-47-28-9-7-6-8-24(28)30(45-47)32-42-16-21(12-20-17-46(18-20)33(48)50-34(2,3)4)31(44-32)43-22-10-11-41-29(13-22)35(38,39)40/h6-11,13-16,20H,5,12,17-19H2,1-4H3,(H,41,42,43,44). The molecule has 1 aliphatic heterocycles. The second-order valence-electron chi connectivity index (χ2n) is 12.9. The molecule has 0 atom stereocenters. The third-order valence-corrected chi connectivity index (χ3v) is 7.90. The van der Waals surface area contributed by atoms with E-state index in [1.165, 1.54) is 10.7 Å². The zero-order valence-electron chi connectivity index (χ0n) is 27.7. The number of likely N-dealkylation sites (tertiary alicyclic amines) is 1. The van der Waals surface area contributed by atoms with Gasteiger partial charge in [0.15, 0.2) is 5.82 Å². The van der Waals surface area contributed by atoms with E-state index < -0.39 is 35.2 Å². The molecule has 1 fully saturated rings. The van der Waals surface area contributed by atoms with Gasteiger partial charge in [0.25, 0.3) is 0 Å². The van der Waals surface area contributed by atoms with E-state index in [0.717, 1.165) is 24.4 Å². The minimum atomic E-state index is -4.66. The summed E-state index contributed by atoms with van der Waals surface area (Å²) in [4.78, 5) is 26.8. The van der Waals surface area contributed by atoms with Crippen LogP contribution >= 0.6 is 0 Å². The van der Waals surface area contributed by atoms with Crippen molar-refractivity contribution in [3.05, 3.63) is 89.4 Å². The monoisotopic (exact) mass is 695 g/mol. The summed E-state index contributed by atoms with van der Waals surface area (Å²) in [6, 6.07) is 11.5. The Morgan fingerprint density at radius 1 is 1.02 bits per heavy atom. The number of anilines is 2. The van der Waals surface area contributed by atoms with Gasteiger partial charge in [0.2, 0.25) is 0 Å². The maximum atomic E-state index is 15.0. The lowest BCUT2D eigenvalue weighted by Crippen LogP contribution is -2.52. The van der Waals surface area contributed by atoms with Gasteiger partial charge >= 0.3 is 12.3 Å². The minimum Gasteiger partial charge on any atom is -0.494 e. The number of amides is 1. The van der Waals surface area contributed by atoms with Crippen molar-refractivity contribution in [2.75, 3.05) is 25.0 Å².